The van der Waals surface area contributed by atoms with Crippen LogP contribution in [0.2, 0.25) is 0 Å². The van der Waals surface area contributed by atoms with E-state index in [1.54, 1.807) is 0 Å². The molecule has 2 nitrogen and oxygen atoms in total. The van der Waals surface area contributed by atoms with Gasteiger partial charge < -0.3 is 5.73 Å². The van der Waals surface area contributed by atoms with E-state index in [0.29, 0.717) is 11.6 Å². The van der Waals surface area contributed by atoms with Crippen molar-refractivity contribution in [3.63, 3.8) is 0 Å². The molecule has 0 bridgehead atoms. The summed E-state index contributed by atoms with van der Waals surface area (Å²) in [5.74, 6) is 1.73. The molecule has 2 aliphatic rings. The lowest BCUT2D eigenvalue weighted by Crippen LogP contribution is -2.46. The summed E-state index contributed by atoms with van der Waals surface area (Å²) >= 11 is 0. The molecular weight excluding hydrogens is 148 g/mol. The van der Waals surface area contributed by atoms with Gasteiger partial charge in [-0.05, 0) is 39.0 Å². The highest BCUT2D eigenvalue weighted by atomic mass is 15.2. The molecule has 12 heavy (non-hydrogen) atoms. The van der Waals surface area contributed by atoms with Gasteiger partial charge in [-0.1, -0.05) is 0 Å². The monoisotopic (exact) mass is 168 g/mol. The van der Waals surface area contributed by atoms with Gasteiger partial charge in [0, 0.05) is 24.7 Å². The summed E-state index contributed by atoms with van der Waals surface area (Å²) in [5, 5.41) is 0. The van der Waals surface area contributed by atoms with Crippen molar-refractivity contribution in [2.75, 3.05) is 13.1 Å². The third-order valence-electron chi connectivity index (χ3n) is 3.57. The summed E-state index contributed by atoms with van der Waals surface area (Å²) < 4.78 is 0. The Morgan fingerprint density at radius 3 is 2.33 bits per heavy atom. The van der Waals surface area contributed by atoms with Crippen LogP contribution in [0.25, 0.3) is 0 Å². The molecular formula is C10H20N2. The normalized spacial score (nSPS) is 42.5. The van der Waals surface area contributed by atoms with Crippen LogP contribution >= 0.6 is 0 Å². The molecule has 70 valence electrons. The lowest BCUT2D eigenvalue weighted by atomic mass is 9.72. The Labute approximate surface area is 75.1 Å². The Morgan fingerprint density at radius 1 is 1.25 bits per heavy atom. The predicted molar refractivity (Wildman–Crippen MR) is 50.9 cm³/mol. The highest BCUT2D eigenvalue weighted by Gasteiger charge is 2.47. The zero-order valence-corrected chi connectivity index (χ0v) is 8.38. The summed E-state index contributed by atoms with van der Waals surface area (Å²) in [6.45, 7) is 9.40. The van der Waals surface area contributed by atoms with Crippen LogP contribution in [0.15, 0.2) is 0 Å². The maximum absolute atomic E-state index is 5.94. The minimum Gasteiger partial charge on any atom is -0.327 e. The fourth-order valence-electron chi connectivity index (χ4n) is 2.51. The molecule has 2 unspecified atom stereocenters. The van der Waals surface area contributed by atoms with E-state index in [1.807, 2.05) is 0 Å². The highest BCUT2D eigenvalue weighted by Crippen LogP contribution is 2.41. The molecule has 2 N–H and O–H groups in total. The molecule has 2 fully saturated rings. The molecule has 2 heteroatoms. The van der Waals surface area contributed by atoms with Crippen LogP contribution in [-0.2, 0) is 0 Å². The quantitative estimate of drug-likeness (QED) is 0.586. The Bertz CT molecular complexity index is 183. The second-order valence-electron chi connectivity index (χ2n) is 5.40. The second kappa shape index (κ2) is 2.46. The first kappa shape index (κ1) is 8.52. The number of hydrogen-bond acceptors (Lipinski definition) is 2. The molecule has 3 atom stereocenters. The summed E-state index contributed by atoms with van der Waals surface area (Å²) in [6, 6.07) is 0.502. The molecule has 0 spiro atoms. The van der Waals surface area contributed by atoms with Crippen molar-refractivity contribution in [2.24, 2.45) is 17.6 Å². The van der Waals surface area contributed by atoms with E-state index in [2.05, 4.69) is 25.7 Å². The fourth-order valence-corrected chi connectivity index (χ4v) is 2.51. The Balaban J connectivity index is 1.99. The van der Waals surface area contributed by atoms with Gasteiger partial charge in [0.25, 0.3) is 0 Å². The largest absolute Gasteiger partial charge is 0.327 e. The number of nitrogens with two attached hydrogens (primary N) is 1. The second-order valence-corrected chi connectivity index (χ2v) is 5.40. The van der Waals surface area contributed by atoms with E-state index in [1.165, 1.54) is 19.5 Å². The van der Waals surface area contributed by atoms with Crippen LogP contribution in [0.5, 0.6) is 0 Å². The third-order valence-corrected chi connectivity index (χ3v) is 3.57. The van der Waals surface area contributed by atoms with Gasteiger partial charge in [0.1, 0.15) is 0 Å². The molecule has 0 amide bonds. The van der Waals surface area contributed by atoms with Crippen molar-refractivity contribution < 1.29 is 0 Å². The molecule has 1 saturated carbocycles. The van der Waals surface area contributed by atoms with Crippen LogP contribution in [0.3, 0.4) is 0 Å². The number of hydrogen-bond donors (Lipinski definition) is 1. The molecule has 1 saturated heterocycles. The first-order valence-corrected chi connectivity index (χ1v) is 4.99. The predicted octanol–water partition coefficient (Wildman–Crippen LogP) is 1.06. The molecule has 0 aromatic rings. The first-order valence-electron chi connectivity index (χ1n) is 4.99. The summed E-state index contributed by atoms with van der Waals surface area (Å²) in [4.78, 5) is 2.58. The average Bonchev–Trinajstić information content (AvgIpc) is 2.24. The molecule has 1 aliphatic carbocycles. The standard InChI is InChI=1S/C10H20N2/c1-10(2,3)12-5-7-4-9(11)8(7)6-12/h7-9H,4-6,11H2,1-3H3/t7?,8?,9-/m0/s1. The highest BCUT2D eigenvalue weighted by molar-refractivity contribution is 5.02. The van der Waals surface area contributed by atoms with E-state index < -0.39 is 0 Å². The van der Waals surface area contributed by atoms with Gasteiger partial charge in [0.15, 0.2) is 0 Å². The van der Waals surface area contributed by atoms with Crippen molar-refractivity contribution in [3.05, 3.63) is 0 Å². The van der Waals surface area contributed by atoms with Crippen LogP contribution in [-0.4, -0.2) is 29.6 Å². The Morgan fingerprint density at radius 2 is 1.92 bits per heavy atom. The number of likely N-dealkylation sites (tertiary alicyclic amines) is 1. The summed E-state index contributed by atoms with van der Waals surface area (Å²) in [6.07, 6.45) is 1.26. The van der Waals surface area contributed by atoms with E-state index in [0.717, 1.165) is 11.8 Å². The molecule has 1 aliphatic heterocycles. The summed E-state index contributed by atoms with van der Waals surface area (Å²) in [7, 11) is 0. The molecule has 1 heterocycles. The van der Waals surface area contributed by atoms with Gasteiger partial charge in [-0.15, -0.1) is 0 Å². The molecule has 0 aromatic heterocycles. The van der Waals surface area contributed by atoms with Crippen molar-refractivity contribution in [1.29, 1.82) is 0 Å². The Hall–Kier alpha value is -0.0800. The van der Waals surface area contributed by atoms with Crippen LogP contribution < -0.4 is 5.73 Å². The van der Waals surface area contributed by atoms with Crippen LogP contribution in [0, 0.1) is 11.8 Å². The van der Waals surface area contributed by atoms with Crippen molar-refractivity contribution >= 4 is 0 Å². The smallest absolute Gasteiger partial charge is 0.0125 e. The van der Waals surface area contributed by atoms with Crippen molar-refractivity contribution in [1.82, 2.24) is 4.90 Å². The molecule has 0 radical (unpaired) electrons. The maximum atomic E-state index is 5.94. The molecule has 2 rings (SSSR count). The number of rotatable bonds is 0. The van der Waals surface area contributed by atoms with Gasteiger partial charge in [-0.2, -0.15) is 0 Å². The molecule has 0 aromatic carbocycles. The van der Waals surface area contributed by atoms with E-state index in [9.17, 15) is 0 Å². The third kappa shape index (κ3) is 1.17. The van der Waals surface area contributed by atoms with Crippen LogP contribution in [0.4, 0.5) is 0 Å². The average molecular weight is 168 g/mol. The van der Waals surface area contributed by atoms with Crippen molar-refractivity contribution in [2.45, 2.75) is 38.8 Å². The zero-order chi connectivity index (χ0) is 8.93. The van der Waals surface area contributed by atoms with E-state index >= 15 is 0 Å². The fraction of sp³-hybridized carbons (Fsp3) is 1.00. The van der Waals surface area contributed by atoms with Gasteiger partial charge in [0.2, 0.25) is 0 Å². The van der Waals surface area contributed by atoms with E-state index in [4.69, 9.17) is 5.73 Å². The number of fused-ring (bicyclic) bond motifs is 1. The first-order chi connectivity index (χ1) is 5.48. The van der Waals surface area contributed by atoms with E-state index in [-0.39, 0.29) is 0 Å². The van der Waals surface area contributed by atoms with Gasteiger partial charge >= 0.3 is 0 Å². The minimum absolute atomic E-state index is 0.344. The van der Waals surface area contributed by atoms with Gasteiger partial charge in [0.05, 0.1) is 0 Å². The lowest BCUT2D eigenvalue weighted by molar-refractivity contribution is 0.168. The van der Waals surface area contributed by atoms with Gasteiger partial charge in [-0.3, -0.25) is 4.90 Å². The SMILES string of the molecule is CC(C)(C)N1CC2C[C@H](N)C2C1. The zero-order valence-electron chi connectivity index (χ0n) is 8.38. The summed E-state index contributed by atoms with van der Waals surface area (Å²) in [5.41, 5.74) is 6.29. The Kier molecular flexibility index (Phi) is 1.74. The van der Waals surface area contributed by atoms with Crippen LogP contribution in [0.1, 0.15) is 27.2 Å². The topological polar surface area (TPSA) is 29.3 Å². The minimum atomic E-state index is 0.344. The lowest BCUT2D eigenvalue weighted by Gasteiger charge is -2.36. The maximum Gasteiger partial charge on any atom is 0.0125 e. The van der Waals surface area contributed by atoms with Gasteiger partial charge in [-0.25, -0.2) is 0 Å². The van der Waals surface area contributed by atoms with Crippen molar-refractivity contribution in [3.8, 4) is 0 Å². The number of nitrogens with zero attached hydrogens (tertiary/aromatic N) is 1.